The zero-order valence-electron chi connectivity index (χ0n) is 13.5. The van der Waals surface area contributed by atoms with E-state index in [9.17, 15) is 22.8 Å². The number of amides is 2. The van der Waals surface area contributed by atoms with E-state index < -0.39 is 23.8 Å². The van der Waals surface area contributed by atoms with Crippen molar-refractivity contribution >= 4 is 11.8 Å². The molecule has 2 heterocycles. The van der Waals surface area contributed by atoms with Crippen LogP contribution in [0.1, 0.15) is 28.8 Å². The molecule has 0 radical (unpaired) electrons. The minimum Gasteiger partial charge on any atom is -0.486 e. The summed E-state index contributed by atoms with van der Waals surface area (Å²) in [6.45, 7) is 0.695. The number of ether oxygens (including phenoxy) is 1. The number of hydrogen-bond acceptors (Lipinski definition) is 3. The number of benzene rings is 1. The Balaban J connectivity index is 1.64. The van der Waals surface area contributed by atoms with Gasteiger partial charge in [-0.15, -0.1) is 0 Å². The van der Waals surface area contributed by atoms with Crippen LogP contribution in [0.5, 0.6) is 5.75 Å². The van der Waals surface area contributed by atoms with Gasteiger partial charge in [-0.3, -0.25) is 9.59 Å². The number of alkyl halides is 3. The van der Waals surface area contributed by atoms with Gasteiger partial charge in [-0.25, -0.2) is 0 Å². The molecule has 0 unspecified atom stereocenters. The average molecular weight is 354 g/mol. The van der Waals surface area contributed by atoms with Crippen molar-refractivity contribution in [2.24, 2.45) is 5.92 Å². The van der Waals surface area contributed by atoms with E-state index in [1.54, 1.807) is 11.9 Å². The summed E-state index contributed by atoms with van der Waals surface area (Å²) in [6.07, 6.45) is -3.18. The summed E-state index contributed by atoms with van der Waals surface area (Å²) in [4.78, 5) is 28.0. The standard InChI is InChI=1S/C17H17F3N2O3/c1-21-12-7-22(15(23)9-2-3-9)8-14(12)25-13-5-4-10(17(18,19)20)6-11(13)16(21)24/h4-6,9,12,14H,2-3,7-8H2,1H3/t12-,14+/m1/s1. The Bertz CT molecular complexity index is 745. The Morgan fingerprint density at radius 1 is 1.24 bits per heavy atom. The number of rotatable bonds is 1. The maximum Gasteiger partial charge on any atom is 0.416 e. The van der Waals surface area contributed by atoms with E-state index in [4.69, 9.17) is 4.74 Å². The average Bonchev–Trinajstić information content (AvgIpc) is 3.33. The van der Waals surface area contributed by atoms with Gasteiger partial charge in [-0.05, 0) is 31.0 Å². The Kier molecular flexibility index (Phi) is 3.49. The van der Waals surface area contributed by atoms with Gasteiger partial charge in [0, 0.05) is 19.5 Å². The van der Waals surface area contributed by atoms with Crippen LogP contribution in [0.4, 0.5) is 13.2 Å². The lowest BCUT2D eigenvalue weighted by Gasteiger charge is -2.25. The molecule has 25 heavy (non-hydrogen) atoms. The van der Waals surface area contributed by atoms with Crippen LogP contribution in [-0.4, -0.2) is 53.9 Å². The molecule has 0 bridgehead atoms. The van der Waals surface area contributed by atoms with Crippen molar-refractivity contribution in [3.63, 3.8) is 0 Å². The fourth-order valence-electron chi connectivity index (χ4n) is 3.49. The number of hydrogen-bond donors (Lipinski definition) is 0. The molecule has 1 aromatic rings. The first-order chi connectivity index (χ1) is 11.8. The smallest absolute Gasteiger partial charge is 0.416 e. The highest BCUT2D eigenvalue weighted by molar-refractivity contribution is 5.97. The van der Waals surface area contributed by atoms with Crippen LogP contribution in [-0.2, 0) is 11.0 Å². The lowest BCUT2D eigenvalue weighted by molar-refractivity contribution is -0.137. The molecular weight excluding hydrogens is 337 g/mol. The molecule has 8 heteroatoms. The van der Waals surface area contributed by atoms with Crippen LogP contribution in [0.3, 0.4) is 0 Å². The van der Waals surface area contributed by atoms with Crippen LogP contribution in [0.2, 0.25) is 0 Å². The zero-order chi connectivity index (χ0) is 17.9. The van der Waals surface area contributed by atoms with Crippen LogP contribution in [0, 0.1) is 5.92 Å². The minimum atomic E-state index is -4.52. The van der Waals surface area contributed by atoms with Gasteiger partial charge in [-0.2, -0.15) is 13.2 Å². The molecule has 2 aliphatic heterocycles. The molecule has 2 atom stereocenters. The summed E-state index contributed by atoms with van der Waals surface area (Å²) in [5, 5.41) is 0. The molecule has 2 fully saturated rings. The first-order valence-electron chi connectivity index (χ1n) is 8.19. The predicted molar refractivity (Wildman–Crippen MR) is 81.0 cm³/mol. The normalized spacial score (nSPS) is 26.0. The van der Waals surface area contributed by atoms with E-state index in [0.29, 0.717) is 13.1 Å². The molecule has 0 aromatic heterocycles. The largest absolute Gasteiger partial charge is 0.486 e. The Morgan fingerprint density at radius 2 is 1.96 bits per heavy atom. The highest BCUT2D eigenvalue weighted by atomic mass is 19.4. The van der Waals surface area contributed by atoms with Crippen LogP contribution in [0.15, 0.2) is 18.2 Å². The van der Waals surface area contributed by atoms with Gasteiger partial charge in [0.25, 0.3) is 5.91 Å². The SMILES string of the molecule is CN1C(=O)c2cc(C(F)(F)F)ccc2O[C@H]2CN(C(=O)C3CC3)C[C@H]21. The van der Waals surface area contributed by atoms with Gasteiger partial charge >= 0.3 is 6.18 Å². The summed E-state index contributed by atoms with van der Waals surface area (Å²) in [5.41, 5.74) is -0.971. The van der Waals surface area contributed by atoms with Crippen molar-refractivity contribution in [2.45, 2.75) is 31.2 Å². The van der Waals surface area contributed by atoms with Gasteiger partial charge in [0.2, 0.25) is 5.91 Å². The van der Waals surface area contributed by atoms with Crippen molar-refractivity contribution in [1.29, 1.82) is 0 Å². The lowest BCUT2D eigenvalue weighted by Crippen LogP contribution is -2.44. The highest BCUT2D eigenvalue weighted by Gasteiger charge is 2.46. The van der Waals surface area contributed by atoms with Crippen LogP contribution in [0.25, 0.3) is 0 Å². The predicted octanol–water partition coefficient (Wildman–Crippen LogP) is 2.16. The molecule has 1 saturated heterocycles. The molecule has 1 aliphatic carbocycles. The zero-order valence-corrected chi connectivity index (χ0v) is 13.5. The molecule has 2 amide bonds. The van der Waals surface area contributed by atoms with E-state index >= 15 is 0 Å². The van der Waals surface area contributed by atoms with Crippen LogP contribution < -0.4 is 4.74 Å². The summed E-state index contributed by atoms with van der Waals surface area (Å²) >= 11 is 0. The third-order valence-corrected chi connectivity index (χ3v) is 5.11. The fourth-order valence-corrected chi connectivity index (χ4v) is 3.49. The quantitative estimate of drug-likeness (QED) is 0.777. The number of nitrogens with zero attached hydrogens (tertiary/aromatic N) is 2. The molecule has 134 valence electrons. The van der Waals surface area contributed by atoms with Gasteiger partial charge in [0.15, 0.2) is 0 Å². The minimum absolute atomic E-state index is 0.0741. The van der Waals surface area contributed by atoms with Gasteiger partial charge in [0.05, 0.1) is 23.7 Å². The topological polar surface area (TPSA) is 49.9 Å². The summed E-state index contributed by atoms with van der Waals surface area (Å²) in [6, 6.07) is 2.58. The number of likely N-dealkylation sites (tertiary alicyclic amines) is 1. The monoisotopic (exact) mass is 354 g/mol. The second-order valence-electron chi connectivity index (χ2n) is 6.87. The molecular formula is C17H17F3N2O3. The number of carbonyl (C=O) groups is 2. The van der Waals surface area contributed by atoms with Gasteiger partial charge in [0.1, 0.15) is 11.9 Å². The van der Waals surface area contributed by atoms with E-state index in [1.165, 1.54) is 11.0 Å². The number of halogens is 3. The number of fused-ring (bicyclic) bond motifs is 2. The fraction of sp³-hybridized carbons (Fsp3) is 0.529. The molecule has 1 aromatic carbocycles. The van der Waals surface area contributed by atoms with E-state index in [2.05, 4.69) is 0 Å². The Hall–Kier alpha value is -2.25. The maximum atomic E-state index is 12.9. The van der Waals surface area contributed by atoms with E-state index in [1.807, 2.05) is 0 Å². The Labute approximate surface area is 142 Å². The van der Waals surface area contributed by atoms with Crippen molar-refractivity contribution in [3.05, 3.63) is 29.3 Å². The number of likely N-dealkylation sites (N-methyl/N-ethyl adjacent to an activating group) is 1. The lowest BCUT2D eigenvalue weighted by atomic mass is 10.1. The summed E-state index contributed by atoms with van der Waals surface area (Å²) < 4.78 is 44.6. The van der Waals surface area contributed by atoms with Crippen molar-refractivity contribution in [1.82, 2.24) is 9.80 Å². The third kappa shape index (κ3) is 2.73. The van der Waals surface area contributed by atoms with Crippen molar-refractivity contribution < 1.29 is 27.5 Å². The van der Waals surface area contributed by atoms with E-state index in [0.717, 1.165) is 25.0 Å². The first kappa shape index (κ1) is 16.2. The maximum absolute atomic E-state index is 12.9. The second kappa shape index (κ2) is 5.37. The Morgan fingerprint density at radius 3 is 2.60 bits per heavy atom. The number of carbonyl (C=O) groups excluding carboxylic acids is 2. The molecule has 4 rings (SSSR count). The van der Waals surface area contributed by atoms with Gasteiger partial charge in [-0.1, -0.05) is 0 Å². The molecule has 5 nitrogen and oxygen atoms in total. The first-order valence-corrected chi connectivity index (χ1v) is 8.19. The molecule has 0 N–H and O–H groups in total. The molecule has 1 saturated carbocycles. The third-order valence-electron chi connectivity index (χ3n) is 5.11. The molecule has 0 spiro atoms. The van der Waals surface area contributed by atoms with Crippen molar-refractivity contribution in [2.75, 3.05) is 20.1 Å². The second-order valence-corrected chi connectivity index (χ2v) is 6.87. The van der Waals surface area contributed by atoms with Crippen LogP contribution >= 0.6 is 0 Å². The summed E-state index contributed by atoms with van der Waals surface area (Å²) in [5.74, 6) is -0.234. The van der Waals surface area contributed by atoms with Gasteiger partial charge < -0.3 is 14.5 Å². The molecule has 3 aliphatic rings. The van der Waals surface area contributed by atoms with Crippen molar-refractivity contribution in [3.8, 4) is 5.75 Å². The van der Waals surface area contributed by atoms with E-state index in [-0.39, 0.29) is 29.2 Å². The summed E-state index contributed by atoms with van der Waals surface area (Å²) in [7, 11) is 1.55. The highest BCUT2D eigenvalue weighted by Crippen LogP contribution is 2.37.